The van der Waals surface area contributed by atoms with Crippen LogP contribution in [-0.2, 0) is 0 Å². The fraction of sp³-hybridized carbons (Fsp3) is 0.600. The van der Waals surface area contributed by atoms with Crippen LogP contribution in [0.1, 0.15) is 45.4 Å². The average Bonchev–Trinajstić information content (AvgIpc) is 2.57. The van der Waals surface area contributed by atoms with Gasteiger partial charge in [-0.1, -0.05) is 17.7 Å². The monoisotopic (exact) mass is 215 g/mol. The summed E-state index contributed by atoms with van der Waals surface area (Å²) in [6.45, 7) is 4.82. The summed E-state index contributed by atoms with van der Waals surface area (Å²) in [6.07, 6.45) is 12.8. The number of hydrogen-bond acceptors (Lipinski definition) is 1. The molecule has 0 radical (unpaired) electrons. The van der Waals surface area contributed by atoms with Gasteiger partial charge in [-0.05, 0) is 56.6 Å². The zero-order chi connectivity index (χ0) is 11.0. The van der Waals surface area contributed by atoms with E-state index in [0.717, 1.165) is 0 Å². The highest BCUT2D eigenvalue weighted by Crippen LogP contribution is 2.37. The highest BCUT2D eigenvalue weighted by atomic mass is 15.1. The summed E-state index contributed by atoms with van der Waals surface area (Å²) in [5.74, 6) is 0. The minimum absolute atomic E-state index is 1.19. The first-order valence-corrected chi connectivity index (χ1v) is 6.69. The molecule has 1 fully saturated rings. The Labute approximate surface area is 98.5 Å². The lowest BCUT2D eigenvalue weighted by Crippen LogP contribution is -2.30. The summed E-state index contributed by atoms with van der Waals surface area (Å²) < 4.78 is 0. The zero-order valence-corrected chi connectivity index (χ0v) is 10.3. The van der Waals surface area contributed by atoms with Gasteiger partial charge in [-0.3, -0.25) is 0 Å². The lowest BCUT2D eigenvalue weighted by molar-refractivity contribution is 0.320. The molecule has 0 aromatic carbocycles. The minimum Gasteiger partial charge on any atom is -0.371 e. The third-order valence-electron chi connectivity index (χ3n) is 4.06. The fourth-order valence-electron chi connectivity index (χ4n) is 3.28. The van der Waals surface area contributed by atoms with Crippen LogP contribution in [0, 0.1) is 0 Å². The van der Waals surface area contributed by atoms with Crippen molar-refractivity contribution in [2.45, 2.75) is 45.4 Å². The average molecular weight is 215 g/mol. The topological polar surface area (TPSA) is 3.24 Å². The van der Waals surface area contributed by atoms with Crippen molar-refractivity contribution in [3.05, 3.63) is 34.6 Å². The van der Waals surface area contributed by atoms with Gasteiger partial charge < -0.3 is 4.90 Å². The molecule has 0 bridgehead atoms. The van der Waals surface area contributed by atoms with Crippen molar-refractivity contribution in [2.75, 3.05) is 13.1 Å². The van der Waals surface area contributed by atoms with Crippen LogP contribution in [-0.4, -0.2) is 18.0 Å². The molecule has 1 saturated heterocycles. The molecule has 0 unspecified atom stereocenters. The molecule has 0 N–H and O–H groups in total. The molecule has 0 aromatic rings. The molecule has 3 aliphatic rings. The SMILES string of the molecule is CC1=CCC2=C3C(=C1)CCCN3CCCC2. The summed E-state index contributed by atoms with van der Waals surface area (Å²) in [4.78, 5) is 2.66. The Bertz CT molecular complexity index is 384. The van der Waals surface area contributed by atoms with Gasteiger partial charge in [0.25, 0.3) is 0 Å². The molecular weight excluding hydrogens is 194 g/mol. The summed E-state index contributed by atoms with van der Waals surface area (Å²) in [5.41, 5.74) is 6.43. The number of allylic oxidation sites excluding steroid dienone is 5. The Hall–Kier alpha value is -0.980. The van der Waals surface area contributed by atoms with Crippen LogP contribution >= 0.6 is 0 Å². The minimum atomic E-state index is 1.19. The molecule has 2 heterocycles. The Morgan fingerprint density at radius 1 is 1.06 bits per heavy atom. The second kappa shape index (κ2) is 4.12. The van der Waals surface area contributed by atoms with Crippen molar-refractivity contribution in [3.8, 4) is 0 Å². The van der Waals surface area contributed by atoms with Gasteiger partial charge in [0.1, 0.15) is 0 Å². The van der Waals surface area contributed by atoms with E-state index < -0.39 is 0 Å². The summed E-state index contributed by atoms with van der Waals surface area (Å²) in [7, 11) is 0. The van der Waals surface area contributed by atoms with E-state index in [1.807, 2.05) is 0 Å². The Morgan fingerprint density at radius 3 is 2.88 bits per heavy atom. The van der Waals surface area contributed by atoms with Crippen molar-refractivity contribution >= 4 is 0 Å². The van der Waals surface area contributed by atoms with Gasteiger partial charge in [-0.15, -0.1) is 0 Å². The second-order valence-corrected chi connectivity index (χ2v) is 5.32. The van der Waals surface area contributed by atoms with E-state index in [1.165, 1.54) is 57.2 Å². The van der Waals surface area contributed by atoms with Crippen LogP contribution in [0.4, 0.5) is 0 Å². The van der Waals surface area contributed by atoms with Crippen LogP contribution in [0.15, 0.2) is 34.6 Å². The van der Waals surface area contributed by atoms with Crippen LogP contribution in [0.5, 0.6) is 0 Å². The third kappa shape index (κ3) is 1.73. The van der Waals surface area contributed by atoms with Crippen molar-refractivity contribution in [1.82, 2.24) is 4.90 Å². The van der Waals surface area contributed by atoms with Crippen molar-refractivity contribution in [2.24, 2.45) is 0 Å². The number of rotatable bonds is 0. The molecule has 0 saturated carbocycles. The largest absolute Gasteiger partial charge is 0.371 e. The second-order valence-electron chi connectivity index (χ2n) is 5.32. The van der Waals surface area contributed by atoms with E-state index in [0.29, 0.717) is 0 Å². The van der Waals surface area contributed by atoms with Gasteiger partial charge in [0.2, 0.25) is 0 Å². The number of nitrogens with zero attached hydrogens (tertiary/aromatic N) is 1. The molecule has 2 aliphatic heterocycles. The summed E-state index contributed by atoms with van der Waals surface area (Å²) in [6, 6.07) is 0. The molecule has 0 spiro atoms. The quantitative estimate of drug-likeness (QED) is 0.594. The normalized spacial score (nSPS) is 25.4. The van der Waals surface area contributed by atoms with Crippen molar-refractivity contribution in [1.29, 1.82) is 0 Å². The molecule has 1 heteroatoms. The molecule has 0 atom stereocenters. The van der Waals surface area contributed by atoms with Crippen LogP contribution in [0.25, 0.3) is 0 Å². The lowest BCUT2D eigenvalue weighted by atomic mass is 9.95. The molecule has 1 nitrogen and oxygen atoms in total. The highest BCUT2D eigenvalue weighted by Gasteiger charge is 2.25. The number of hydrogen-bond donors (Lipinski definition) is 0. The van der Waals surface area contributed by atoms with Gasteiger partial charge in [0.05, 0.1) is 0 Å². The first-order valence-electron chi connectivity index (χ1n) is 6.69. The fourth-order valence-corrected chi connectivity index (χ4v) is 3.28. The Kier molecular flexibility index (Phi) is 2.62. The van der Waals surface area contributed by atoms with Gasteiger partial charge in [-0.25, -0.2) is 0 Å². The molecule has 3 rings (SSSR count). The van der Waals surface area contributed by atoms with E-state index in [2.05, 4.69) is 24.0 Å². The van der Waals surface area contributed by atoms with Gasteiger partial charge in [-0.2, -0.15) is 0 Å². The summed E-state index contributed by atoms with van der Waals surface area (Å²) >= 11 is 0. The van der Waals surface area contributed by atoms with Gasteiger partial charge in [0.15, 0.2) is 0 Å². The maximum absolute atomic E-state index is 2.66. The Balaban J connectivity index is 2.06. The lowest BCUT2D eigenvalue weighted by Gasteiger charge is -2.34. The van der Waals surface area contributed by atoms with Crippen molar-refractivity contribution < 1.29 is 0 Å². The zero-order valence-electron chi connectivity index (χ0n) is 10.3. The molecule has 0 amide bonds. The summed E-state index contributed by atoms with van der Waals surface area (Å²) in [5, 5.41) is 0. The molecule has 16 heavy (non-hydrogen) atoms. The molecule has 0 aromatic heterocycles. The van der Waals surface area contributed by atoms with Crippen LogP contribution in [0.2, 0.25) is 0 Å². The standard InChI is InChI=1S/C15H21N/c1-12-7-8-13-5-2-3-9-16-10-4-6-14(11-12)15(13)16/h7,11H,2-6,8-10H2,1H3. The van der Waals surface area contributed by atoms with Crippen molar-refractivity contribution in [3.63, 3.8) is 0 Å². The van der Waals surface area contributed by atoms with E-state index >= 15 is 0 Å². The van der Waals surface area contributed by atoms with Crippen LogP contribution in [0.3, 0.4) is 0 Å². The van der Waals surface area contributed by atoms with Gasteiger partial charge >= 0.3 is 0 Å². The Morgan fingerprint density at radius 2 is 1.94 bits per heavy atom. The van der Waals surface area contributed by atoms with E-state index in [-0.39, 0.29) is 0 Å². The molecular formula is C15H21N. The predicted octanol–water partition coefficient (Wildman–Crippen LogP) is 3.80. The van der Waals surface area contributed by atoms with E-state index in [1.54, 1.807) is 16.8 Å². The maximum atomic E-state index is 2.66. The molecule has 86 valence electrons. The highest BCUT2D eigenvalue weighted by molar-refractivity contribution is 5.44. The van der Waals surface area contributed by atoms with E-state index in [4.69, 9.17) is 0 Å². The maximum Gasteiger partial charge on any atom is 0.0393 e. The first-order chi connectivity index (χ1) is 7.84. The first kappa shape index (κ1) is 10.2. The van der Waals surface area contributed by atoms with Crippen LogP contribution < -0.4 is 0 Å². The molecule has 1 aliphatic carbocycles. The van der Waals surface area contributed by atoms with E-state index in [9.17, 15) is 0 Å². The predicted molar refractivity (Wildman–Crippen MR) is 68.1 cm³/mol. The number of piperidine rings is 1. The third-order valence-corrected chi connectivity index (χ3v) is 4.06. The van der Waals surface area contributed by atoms with Gasteiger partial charge in [0, 0.05) is 18.8 Å². The smallest absolute Gasteiger partial charge is 0.0393 e.